The molecule has 1 aliphatic rings. The highest BCUT2D eigenvalue weighted by Crippen LogP contribution is 2.23. The molecule has 0 atom stereocenters. The summed E-state index contributed by atoms with van der Waals surface area (Å²) >= 11 is 0. The molecule has 1 saturated heterocycles. The average Bonchev–Trinajstić information content (AvgIpc) is 3.47. The molecule has 2 aromatic heterocycles. The summed E-state index contributed by atoms with van der Waals surface area (Å²) in [5.74, 6) is 0.0291. The number of nitrogens with one attached hydrogen (secondary N) is 2. The van der Waals surface area contributed by atoms with E-state index < -0.39 is 0 Å². The van der Waals surface area contributed by atoms with Crippen LogP contribution in [0.25, 0.3) is 22.2 Å². The molecule has 0 radical (unpaired) electrons. The maximum absolute atomic E-state index is 13.1. The lowest BCUT2D eigenvalue weighted by molar-refractivity contribution is -0.131. The van der Waals surface area contributed by atoms with Crippen LogP contribution in [-0.2, 0) is 11.2 Å². The summed E-state index contributed by atoms with van der Waals surface area (Å²) in [4.78, 5) is 32.8. The molecule has 0 unspecified atom stereocenters. The number of hydrogen-bond donors (Lipinski definition) is 2. The maximum atomic E-state index is 13.1. The minimum absolute atomic E-state index is 0.0590. The number of para-hydroxylation sites is 1. The fraction of sp³-hybridized carbons (Fsp3) is 0.208. The van der Waals surface area contributed by atoms with E-state index in [4.69, 9.17) is 0 Å². The number of rotatable bonds is 4. The molecule has 5 rings (SSSR count). The van der Waals surface area contributed by atoms with Crippen molar-refractivity contribution in [2.75, 3.05) is 26.2 Å². The van der Waals surface area contributed by atoms with E-state index >= 15 is 0 Å². The van der Waals surface area contributed by atoms with Crippen LogP contribution in [0.1, 0.15) is 15.9 Å². The van der Waals surface area contributed by atoms with Gasteiger partial charge >= 0.3 is 0 Å². The van der Waals surface area contributed by atoms with Gasteiger partial charge in [-0.2, -0.15) is 5.10 Å². The number of H-pyrrole nitrogens is 2. The van der Waals surface area contributed by atoms with Gasteiger partial charge in [-0.15, -0.1) is 0 Å². The van der Waals surface area contributed by atoms with E-state index in [0.717, 1.165) is 27.7 Å². The summed E-state index contributed by atoms with van der Waals surface area (Å²) < 4.78 is 0. The predicted molar refractivity (Wildman–Crippen MR) is 119 cm³/mol. The molecule has 2 N–H and O–H groups in total. The van der Waals surface area contributed by atoms with Crippen molar-refractivity contribution >= 4 is 22.7 Å². The van der Waals surface area contributed by atoms with Crippen molar-refractivity contribution in [2.45, 2.75) is 6.42 Å². The molecule has 0 bridgehead atoms. The van der Waals surface area contributed by atoms with Crippen molar-refractivity contribution in [1.82, 2.24) is 25.0 Å². The number of aromatic nitrogens is 3. The molecule has 3 heterocycles. The van der Waals surface area contributed by atoms with Crippen molar-refractivity contribution in [1.29, 1.82) is 0 Å². The van der Waals surface area contributed by atoms with E-state index in [2.05, 4.69) is 15.2 Å². The average molecular weight is 413 g/mol. The molecule has 1 aliphatic heterocycles. The number of carbonyl (C=O) groups excluding carboxylic acids is 2. The fourth-order valence-corrected chi connectivity index (χ4v) is 4.16. The molecule has 156 valence electrons. The van der Waals surface area contributed by atoms with E-state index in [9.17, 15) is 9.59 Å². The van der Waals surface area contributed by atoms with E-state index in [0.29, 0.717) is 38.2 Å². The third-order valence-corrected chi connectivity index (χ3v) is 5.87. The van der Waals surface area contributed by atoms with Crippen LogP contribution in [0.2, 0.25) is 0 Å². The van der Waals surface area contributed by atoms with Crippen molar-refractivity contribution in [3.05, 3.63) is 78.1 Å². The zero-order valence-corrected chi connectivity index (χ0v) is 17.0. The second-order valence-electron chi connectivity index (χ2n) is 7.73. The molecule has 1 fully saturated rings. The molecule has 7 nitrogen and oxygen atoms in total. The topological polar surface area (TPSA) is 85.1 Å². The van der Waals surface area contributed by atoms with Crippen molar-refractivity contribution in [3.8, 4) is 11.3 Å². The Balaban J connectivity index is 1.23. The Labute approximate surface area is 179 Å². The van der Waals surface area contributed by atoms with E-state index in [-0.39, 0.29) is 11.8 Å². The van der Waals surface area contributed by atoms with Crippen LogP contribution in [0.5, 0.6) is 0 Å². The molecular formula is C24H23N5O2. The molecule has 0 aliphatic carbocycles. The van der Waals surface area contributed by atoms with Gasteiger partial charge < -0.3 is 14.8 Å². The summed E-state index contributed by atoms with van der Waals surface area (Å²) in [5.41, 5.74) is 4.25. The monoisotopic (exact) mass is 413 g/mol. The van der Waals surface area contributed by atoms with Crippen molar-refractivity contribution in [2.24, 2.45) is 0 Å². The first kappa shape index (κ1) is 19.1. The Hall–Kier alpha value is -3.87. The summed E-state index contributed by atoms with van der Waals surface area (Å²) in [6.07, 6.45) is 3.85. The lowest BCUT2D eigenvalue weighted by atomic mass is 10.1. The molecular weight excluding hydrogens is 390 g/mol. The molecule has 2 amide bonds. The van der Waals surface area contributed by atoms with Crippen LogP contribution in [0.3, 0.4) is 0 Å². The Morgan fingerprint density at radius 3 is 2.42 bits per heavy atom. The van der Waals surface area contributed by atoms with Gasteiger partial charge in [-0.25, -0.2) is 0 Å². The Kier molecular flexibility index (Phi) is 5.00. The first-order valence-electron chi connectivity index (χ1n) is 10.4. The second kappa shape index (κ2) is 8.10. The van der Waals surface area contributed by atoms with Crippen molar-refractivity contribution < 1.29 is 9.59 Å². The van der Waals surface area contributed by atoms with Gasteiger partial charge in [0.2, 0.25) is 5.91 Å². The standard InChI is InChI=1S/C24H23N5O2/c30-22(14-18-15-25-21-9-5-4-8-19(18)21)28-10-12-29(13-11-28)24(31)20-16-26-27-23(20)17-6-2-1-3-7-17/h1-9,15-16,25H,10-14H2,(H,26,27). The zero-order valence-electron chi connectivity index (χ0n) is 17.0. The SMILES string of the molecule is O=C(Cc1c[nH]c2ccccc12)N1CCN(C(=O)c2cn[nH]c2-c2ccccc2)CC1. The number of aromatic amines is 2. The number of hydrogen-bond acceptors (Lipinski definition) is 3. The lowest BCUT2D eigenvalue weighted by Gasteiger charge is -2.34. The predicted octanol–water partition coefficient (Wildman–Crippen LogP) is 3.09. The number of amides is 2. The van der Waals surface area contributed by atoms with Gasteiger partial charge in [-0.05, 0) is 11.6 Å². The van der Waals surface area contributed by atoms with Gasteiger partial charge in [0.05, 0.1) is 23.9 Å². The summed E-state index contributed by atoms with van der Waals surface area (Å²) in [6, 6.07) is 17.7. The Morgan fingerprint density at radius 1 is 0.903 bits per heavy atom. The van der Waals surface area contributed by atoms with E-state index in [1.807, 2.05) is 65.7 Å². The first-order chi connectivity index (χ1) is 15.2. The zero-order chi connectivity index (χ0) is 21.2. The van der Waals surface area contributed by atoms with Crippen LogP contribution in [0, 0.1) is 0 Å². The third kappa shape index (κ3) is 3.70. The molecule has 2 aromatic carbocycles. The normalized spacial score (nSPS) is 14.2. The summed E-state index contributed by atoms with van der Waals surface area (Å²) in [6.45, 7) is 2.09. The summed E-state index contributed by atoms with van der Waals surface area (Å²) in [5, 5.41) is 8.11. The van der Waals surface area contributed by atoms with Crippen LogP contribution in [0.4, 0.5) is 0 Å². The molecule has 0 saturated carbocycles. The van der Waals surface area contributed by atoms with Crippen LogP contribution in [-0.4, -0.2) is 63.0 Å². The van der Waals surface area contributed by atoms with Gasteiger partial charge in [-0.1, -0.05) is 48.5 Å². The highest BCUT2D eigenvalue weighted by Gasteiger charge is 2.27. The quantitative estimate of drug-likeness (QED) is 0.539. The number of benzene rings is 2. The molecule has 31 heavy (non-hydrogen) atoms. The van der Waals surface area contributed by atoms with Gasteiger partial charge in [0.25, 0.3) is 5.91 Å². The van der Waals surface area contributed by atoms with Gasteiger partial charge in [0.15, 0.2) is 0 Å². The molecule has 0 spiro atoms. The fourth-order valence-electron chi connectivity index (χ4n) is 4.16. The number of carbonyl (C=O) groups is 2. The van der Waals surface area contributed by atoms with Gasteiger partial charge in [0, 0.05) is 48.8 Å². The largest absolute Gasteiger partial charge is 0.361 e. The van der Waals surface area contributed by atoms with Crippen molar-refractivity contribution in [3.63, 3.8) is 0 Å². The number of nitrogens with zero attached hydrogens (tertiary/aromatic N) is 3. The second-order valence-corrected chi connectivity index (χ2v) is 7.73. The molecule has 4 aromatic rings. The Bertz CT molecular complexity index is 1220. The number of piperazine rings is 1. The smallest absolute Gasteiger partial charge is 0.257 e. The lowest BCUT2D eigenvalue weighted by Crippen LogP contribution is -2.51. The minimum atomic E-state index is -0.0590. The Morgan fingerprint density at radius 2 is 1.61 bits per heavy atom. The van der Waals surface area contributed by atoms with Gasteiger partial charge in [-0.3, -0.25) is 14.7 Å². The maximum Gasteiger partial charge on any atom is 0.257 e. The van der Waals surface area contributed by atoms with Crippen LogP contribution in [0.15, 0.2) is 67.0 Å². The van der Waals surface area contributed by atoms with E-state index in [1.165, 1.54) is 0 Å². The van der Waals surface area contributed by atoms with E-state index in [1.54, 1.807) is 11.1 Å². The first-order valence-corrected chi connectivity index (χ1v) is 10.4. The molecule has 7 heteroatoms. The summed E-state index contributed by atoms with van der Waals surface area (Å²) in [7, 11) is 0. The highest BCUT2D eigenvalue weighted by molar-refractivity contribution is 6.00. The number of fused-ring (bicyclic) bond motifs is 1. The van der Waals surface area contributed by atoms with Crippen LogP contribution >= 0.6 is 0 Å². The van der Waals surface area contributed by atoms with Gasteiger partial charge in [0.1, 0.15) is 0 Å². The third-order valence-electron chi connectivity index (χ3n) is 5.87. The minimum Gasteiger partial charge on any atom is -0.361 e. The highest BCUT2D eigenvalue weighted by atomic mass is 16.2. The van der Waals surface area contributed by atoms with Crippen LogP contribution < -0.4 is 0 Å².